The van der Waals surface area contributed by atoms with Gasteiger partial charge in [0.25, 0.3) is 0 Å². The first-order valence-corrected chi connectivity index (χ1v) is 8.37. The van der Waals surface area contributed by atoms with E-state index in [1.54, 1.807) is 12.3 Å². The summed E-state index contributed by atoms with van der Waals surface area (Å²) in [6.45, 7) is 0.524. The first-order valence-electron chi connectivity index (χ1n) is 7.99. The van der Waals surface area contributed by atoms with E-state index >= 15 is 0 Å². The Labute approximate surface area is 141 Å². The van der Waals surface area contributed by atoms with E-state index in [2.05, 4.69) is 0 Å². The van der Waals surface area contributed by atoms with Crippen molar-refractivity contribution in [3.05, 3.63) is 65.1 Å². The summed E-state index contributed by atoms with van der Waals surface area (Å²) < 4.78 is 5.42. The van der Waals surface area contributed by atoms with Crippen LogP contribution in [0.15, 0.2) is 53.2 Å². The Morgan fingerprint density at radius 3 is 2.78 bits per heavy atom. The maximum atomic E-state index is 12.7. The van der Waals surface area contributed by atoms with Gasteiger partial charge in [0.1, 0.15) is 5.76 Å². The maximum absolute atomic E-state index is 12.7. The molecule has 1 aromatic heterocycles. The smallest absolute Gasteiger partial charge is 0.247 e. The van der Waals surface area contributed by atoms with Crippen LogP contribution in [0.5, 0.6) is 0 Å². The number of furan rings is 1. The summed E-state index contributed by atoms with van der Waals surface area (Å²) in [5.74, 6) is 0.842. The predicted molar refractivity (Wildman–Crippen MR) is 92.0 cm³/mol. The highest BCUT2D eigenvalue weighted by Crippen LogP contribution is 2.25. The Balaban J connectivity index is 1.74. The molecule has 23 heavy (non-hydrogen) atoms. The third kappa shape index (κ3) is 4.26. The molecule has 0 radical (unpaired) electrons. The van der Waals surface area contributed by atoms with E-state index in [0.29, 0.717) is 17.6 Å². The second-order valence-electron chi connectivity index (χ2n) is 5.87. The summed E-state index contributed by atoms with van der Waals surface area (Å²) in [6, 6.07) is 11.5. The molecule has 3 rings (SSSR count). The maximum Gasteiger partial charge on any atom is 0.247 e. The number of nitrogens with zero attached hydrogens (tertiary/aromatic N) is 1. The van der Waals surface area contributed by atoms with Crippen LogP contribution >= 0.6 is 11.6 Å². The van der Waals surface area contributed by atoms with Crippen LogP contribution in [0.2, 0.25) is 5.02 Å². The molecule has 1 heterocycles. The Morgan fingerprint density at radius 1 is 1.26 bits per heavy atom. The van der Waals surface area contributed by atoms with Gasteiger partial charge in [-0.2, -0.15) is 0 Å². The molecule has 0 unspecified atom stereocenters. The van der Waals surface area contributed by atoms with E-state index in [9.17, 15) is 4.79 Å². The largest absolute Gasteiger partial charge is 0.467 e. The molecule has 0 spiro atoms. The second-order valence-corrected chi connectivity index (χ2v) is 6.31. The highest BCUT2D eigenvalue weighted by Gasteiger charge is 2.26. The summed E-state index contributed by atoms with van der Waals surface area (Å²) in [5, 5.41) is 0.669. The van der Waals surface area contributed by atoms with Crippen molar-refractivity contribution in [1.82, 2.24) is 4.90 Å². The third-order valence-corrected chi connectivity index (χ3v) is 4.46. The normalized spacial score (nSPS) is 15.3. The molecule has 0 atom stereocenters. The van der Waals surface area contributed by atoms with Gasteiger partial charge in [-0.05, 0) is 48.7 Å². The predicted octanol–water partition coefficient (Wildman–Crippen LogP) is 4.92. The number of benzene rings is 1. The Hall–Kier alpha value is -2.00. The summed E-state index contributed by atoms with van der Waals surface area (Å²) in [4.78, 5) is 14.6. The van der Waals surface area contributed by atoms with Gasteiger partial charge >= 0.3 is 0 Å². The Bertz CT molecular complexity index is 672. The van der Waals surface area contributed by atoms with Crippen LogP contribution < -0.4 is 0 Å². The highest BCUT2D eigenvalue weighted by molar-refractivity contribution is 6.30. The fourth-order valence-corrected chi connectivity index (χ4v) is 3.25. The van der Waals surface area contributed by atoms with Crippen molar-refractivity contribution in [3.8, 4) is 0 Å². The SMILES string of the molecule is O=C(/C=C/c1cccc(Cl)c1)N(Cc1ccco1)C1CCCC1. The van der Waals surface area contributed by atoms with Gasteiger partial charge in [-0.15, -0.1) is 0 Å². The van der Waals surface area contributed by atoms with Crippen molar-refractivity contribution in [2.45, 2.75) is 38.3 Å². The molecule has 1 aliphatic carbocycles. The van der Waals surface area contributed by atoms with Gasteiger partial charge in [0.05, 0.1) is 12.8 Å². The number of carbonyl (C=O) groups is 1. The molecule has 0 N–H and O–H groups in total. The van der Waals surface area contributed by atoms with Crippen molar-refractivity contribution in [2.75, 3.05) is 0 Å². The van der Waals surface area contributed by atoms with Gasteiger partial charge < -0.3 is 9.32 Å². The topological polar surface area (TPSA) is 33.5 Å². The minimum absolute atomic E-state index is 0.0216. The molecule has 3 nitrogen and oxygen atoms in total. The average Bonchev–Trinajstić information content (AvgIpc) is 3.23. The lowest BCUT2D eigenvalue weighted by atomic mass is 10.1. The van der Waals surface area contributed by atoms with Crippen LogP contribution in [0, 0.1) is 0 Å². The van der Waals surface area contributed by atoms with Gasteiger partial charge in [0.15, 0.2) is 0 Å². The Kier molecular flexibility index (Phi) is 5.19. The molecule has 0 saturated heterocycles. The van der Waals surface area contributed by atoms with E-state index in [4.69, 9.17) is 16.0 Å². The number of amides is 1. The number of hydrogen-bond acceptors (Lipinski definition) is 2. The fraction of sp³-hybridized carbons (Fsp3) is 0.316. The number of halogens is 1. The lowest BCUT2D eigenvalue weighted by Crippen LogP contribution is -2.37. The first-order chi connectivity index (χ1) is 11.2. The third-order valence-electron chi connectivity index (χ3n) is 4.22. The minimum Gasteiger partial charge on any atom is -0.467 e. The van der Waals surface area contributed by atoms with Crippen LogP contribution in [0.25, 0.3) is 6.08 Å². The van der Waals surface area contributed by atoms with E-state index in [1.807, 2.05) is 47.4 Å². The van der Waals surface area contributed by atoms with Crippen LogP contribution in [0.3, 0.4) is 0 Å². The summed E-state index contributed by atoms with van der Waals surface area (Å²) >= 11 is 5.98. The summed E-state index contributed by atoms with van der Waals surface area (Å²) in [7, 11) is 0. The number of hydrogen-bond donors (Lipinski definition) is 0. The minimum atomic E-state index is 0.0216. The molecule has 1 amide bonds. The van der Waals surface area contributed by atoms with E-state index in [1.165, 1.54) is 12.8 Å². The van der Waals surface area contributed by atoms with Crippen molar-refractivity contribution < 1.29 is 9.21 Å². The second kappa shape index (κ2) is 7.51. The molecule has 1 saturated carbocycles. The van der Waals surface area contributed by atoms with E-state index in [-0.39, 0.29) is 5.91 Å². The number of rotatable bonds is 5. The zero-order valence-electron chi connectivity index (χ0n) is 13.0. The quantitative estimate of drug-likeness (QED) is 0.730. The standard InChI is InChI=1S/C19H20ClNO2/c20-16-6-3-5-15(13-16)10-11-19(22)21(17-7-1-2-8-17)14-18-9-4-12-23-18/h3-6,9-13,17H,1-2,7-8,14H2/b11-10+. The zero-order chi connectivity index (χ0) is 16.1. The van der Waals surface area contributed by atoms with Gasteiger partial charge in [-0.1, -0.05) is 36.6 Å². The number of carbonyl (C=O) groups excluding carboxylic acids is 1. The molecule has 1 fully saturated rings. The Morgan fingerprint density at radius 2 is 2.09 bits per heavy atom. The molecule has 1 aromatic carbocycles. The van der Waals surface area contributed by atoms with Crippen molar-refractivity contribution in [3.63, 3.8) is 0 Å². The van der Waals surface area contributed by atoms with E-state index < -0.39 is 0 Å². The van der Waals surface area contributed by atoms with Crippen LogP contribution in [-0.2, 0) is 11.3 Å². The molecule has 120 valence electrons. The lowest BCUT2D eigenvalue weighted by Gasteiger charge is -2.27. The van der Waals surface area contributed by atoms with Gasteiger partial charge in [-0.25, -0.2) is 0 Å². The summed E-state index contributed by atoms with van der Waals surface area (Å²) in [5.41, 5.74) is 0.926. The molecule has 0 bridgehead atoms. The average molecular weight is 330 g/mol. The van der Waals surface area contributed by atoms with E-state index in [0.717, 1.165) is 24.2 Å². The van der Waals surface area contributed by atoms with Crippen LogP contribution in [0.4, 0.5) is 0 Å². The van der Waals surface area contributed by atoms with Crippen molar-refractivity contribution in [1.29, 1.82) is 0 Å². The molecular formula is C19H20ClNO2. The van der Waals surface area contributed by atoms with Crippen LogP contribution in [0.1, 0.15) is 37.0 Å². The van der Waals surface area contributed by atoms with Gasteiger partial charge in [-0.3, -0.25) is 4.79 Å². The van der Waals surface area contributed by atoms with Gasteiger partial charge in [0, 0.05) is 17.1 Å². The van der Waals surface area contributed by atoms with Gasteiger partial charge in [0.2, 0.25) is 5.91 Å². The molecule has 1 aliphatic rings. The lowest BCUT2D eigenvalue weighted by molar-refractivity contribution is -0.129. The van der Waals surface area contributed by atoms with Crippen LogP contribution in [-0.4, -0.2) is 16.8 Å². The van der Waals surface area contributed by atoms with Crippen molar-refractivity contribution >= 4 is 23.6 Å². The summed E-state index contributed by atoms with van der Waals surface area (Å²) in [6.07, 6.45) is 9.60. The fourth-order valence-electron chi connectivity index (χ4n) is 3.05. The molecule has 0 aliphatic heterocycles. The zero-order valence-corrected chi connectivity index (χ0v) is 13.7. The highest BCUT2D eigenvalue weighted by atomic mass is 35.5. The van der Waals surface area contributed by atoms with Crippen molar-refractivity contribution in [2.24, 2.45) is 0 Å². The first kappa shape index (κ1) is 15.9. The monoisotopic (exact) mass is 329 g/mol. The molecule has 2 aromatic rings. The molecular weight excluding hydrogens is 310 g/mol. The molecule has 4 heteroatoms.